The van der Waals surface area contributed by atoms with Crippen LogP contribution in [-0.4, -0.2) is 22.7 Å². The van der Waals surface area contributed by atoms with Crippen molar-refractivity contribution in [2.45, 2.75) is 19.9 Å². The van der Waals surface area contributed by atoms with Crippen molar-refractivity contribution in [1.82, 2.24) is 4.98 Å². The first-order valence-electron chi connectivity index (χ1n) is 5.93. The zero-order valence-corrected chi connectivity index (χ0v) is 10.2. The summed E-state index contributed by atoms with van der Waals surface area (Å²) in [5, 5.41) is 13.8. The second-order valence-electron chi connectivity index (χ2n) is 4.55. The number of aliphatic hydroxyl groups is 1. The molecule has 0 amide bonds. The van der Waals surface area contributed by atoms with E-state index in [-0.39, 0.29) is 12.6 Å². The van der Waals surface area contributed by atoms with Gasteiger partial charge in [-0.2, -0.15) is 0 Å². The van der Waals surface area contributed by atoms with E-state index in [0.717, 1.165) is 16.6 Å². The van der Waals surface area contributed by atoms with Gasteiger partial charge in [-0.25, -0.2) is 0 Å². The number of hydrogen-bond acceptors (Lipinski definition) is 3. The highest BCUT2D eigenvalue weighted by atomic mass is 16.3. The van der Waals surface area contributed by atoms with Gasteiger partial charge in [0.1, 0.15) is 0 Å². The van der Waals surface area contributed by atoms with E-state index in [0.29, 0.717) is 5.92 Å². The second-order valence-corrected chi connectivity index (χ2v) is 4.55. The number of benzene rings is 1. The molecule has 2 N–H and O–H groups in total. The molecule has 2 aromatic rings. The number of pyridine rings is 1. The highest BCUT2D eigenvalue weighted by Crippen LogP contribution is 2.22. The van der Waals surface area contributed by atoms with E-state index in [9.17, 15) is 5.11 Å². The fourth-order valence-corrected chi connectivity index (χ4v) is 1.84. The largest absolute Gasteiger partial charge is 0.394 e. The van der Waals surface area contributed by atoms with Crippen LogP contribution in [0.1, 0.15) is 13.8 Å². The first-order chi connectivity index (χ1) is 8.22. The zero-order chi connectivity index (χ0) is 12.3. The van der Waals surface area contributed by atoms with Gasteiger partial charge in [-0.1, -0.05) is 32.0 Å². The Balaban J connectivity index is 2.35. The summed E-state index contributed by atoms with van der Waals surface area (Å²) in [6.45, 7) is 4.32. The van der Waals surface area contributed by atoms with Crippen molar-refractivity contribution in [3.8, 4) is 0 Å². The van der Waals surface area contributed by atoms with E-state index in [1.54, 1.807) is 6.20 Å². The van der Waals surface area contributed by atoms with E-state index in [4.69, 9.17) is 0 Å². The van der Waals surface area contributed by atoms with Crippen LogP contribution in [0.5, 0.6) is 0 Å². The van der Waals surface area contributed by atoms with Crippen molar-refractivity contribution >= 4 is 16.6 Å². The summed E-state index contributed by atoms with van der Waals surface area (Å²) in [7, 11) is 0. The maximum atomic E-state index is 9.35. The Kier molecular flexibility index (Phi) is 3.59. The van der Waals surface area contributed by atoms with Crippen LogP contribution in [0.25, 0.3) is 10.9 Å². The predicted molar refractivity (Wildman–Crippen MR) is 71.1 cm³/mol. The number of para-hydroxylation sites is 1. The number of nitrogens with one attached hydrogen (secondary N) is 1. The average Bonchev–Trinajstić information content (AvgIpc) is 2.35. The van der Waals surface area contributed by atoms with Crippen LogP contribution in [0.4, 0.5) is 5.69 Å². The first-order valence-corrected chi connectivity index (χ1v) is 5.93. The third-order valence-electron chi connectivity index (χ3n) is 2.99. The maximum Gasteiger partial charge on any atom is 0.0722 e. The van der Waals surface area contributed by atoms with Crippen LogP contribution >= 0.6 is 0 Å². The van der Waals surface area contributed by atoms with Gasteiger partial charge in [-0.15, -0.1) is 0 Å². The Morgan fingerprint density at radius 2 is 2.00 bits per heavy atom. The Morgan fingerprint density at radius 3 is 2.71 bits per heavy atom. The lowest BCUT2D eigenvalue weighted by molar-refractivity contribution is 0.249. The molecule has 1 aromatic carbocycles. The lowest BCUT2D eigenvalue weighted by atomic mass is 10.0. The minimum atomic E-state index is 0.0702. The topological polar surface area (TPSA) is 45.1 Å². The molecular formula is C14H18N2O. The summed E-state index contributed by atoms with van der Waals surface area (Å²) in [6.07, 6.45) is 1.79. The average molecular weight is 230 g/mol. The third kappa shape index (κ3) is 2.56. The second kappa shape index (κ2) is 5.15. The van der Waals surface area contributed by atoms with E-state index in [2.05, 4.69) is 24.1 Å². The molecule has 0 aliphatic heterocycles. The molecule has 2 rings (SSSR count). The highest BCUT2D eigenvalue weighted by Gasteiger charge is 2.12. The molecular weight excluding hydrogens is 212 g/mol. The molecule has 17 heavy (non-hydrogen) atoms. The van der Waals surface area contributed by atoms with Gasteiger partial charge in [0.2, 0.25) is 0 Å². The lowest BCUT2D eigenvalue weighted by Crippen LogP contribution is -2.29. The summed E-state index contributed by atoms with van der Waals surface area (Å²) in [5.74, 6) is 0.381. The summed E-state index contributed by atoms with van der Waals surface area (Å²) in [4.78, 5) is 4.32. The molecule has 3 heteroatoms. The Labute approximate surface area is 102 Å². The number of nitrogens with zero attached hydrogens (tertiary/aromatic N) is 1. The number of rotatable bonds is 4. The Morgan fingerprint density at radius 1 is 1.24 bits per heavy atom. The molecule has 0 spiro atoms. The molecule has 1 heterocycles. The molecule has 1 atom stereocenters. The van der Waals surface area contributed by atoms with Crippen LogP contribution in [0, 0.1) is 5.92 Å². The number of aliphatic hydroxyl groups excluding tert-OH is 1. The smallest absolute Gasteiger partial charge is 0.0722 e. The fraction of sp³-hybridized carbons (Fsp3) is 0.357. The number of anilines is 1. The quantitative estimate of drug-likeness (QED) is 0.848. The lowest BCUT2D eigenvalue weighted by Gasteiger charge is -2.22. The first kappa shape index (κ1) is 11.9. The van der Waals surface area contributed by atoms with Crippen molar-refractivity contribution in [3.05, 3.63) is 36.5 Å². The highest BCUT2D eigenvalue weighted by molar-refractivity contribution is 5.90. The fourth-order valence-electron chi connectivity index (χ4n) is 1.84. The molecule has 0 unspecified atom stereocenters. The van der Waals surface area contributed by atoms with E-state index in [1.807, 2.05) is 30.3 Å². The van der Waals surface area contributed by atoms with Crippen molar-refractivity contribution in [2.75, 3.05) is 11.9 Å². The predicted octanol–water partition coefficient (Wildman–Crippen LogP) is 2.66. The monoisotopic (exact) mass is 230 g/mol. The standard InChI is InChI=1S/C14H18N2O/c1-10(2)14(9-17)16-13-7-8-15-12-6-4-3-5-11(12)13/h3-8,10,14,17H,9H2,1-2H3,(H,15,16)/t14-/m1/s1. The molecule has 3 nitrogen and oxygen atoms in total. The van der Waals surface area contributed by atoms with Crippen LogP contribution in [0.3, 0.4) is 0 Å². The van der Waals surface area contributed by atoms with Crippen molar-refractivity contribution < 1.29 is 5.11 Å². The van der Waals surface area contributed by atoms with Gasteiger partial charge >= 0.3 is 0 Å². The van der Waals surface area contributed by atoms with Gasteiger partial charge < -0.3 is 10.4 Å². The van der Waals surface area contributed by atoms with Crippen LogP contribution in [-0.2, 0) is 0 Å². The minimum Gasteiger partial charge on any atom is -0.394 e. The molecule has 1 aromatic heterocycles. The Hall–Kier alpha value is -1.61. The van der Waals surface area contributed by atoms with Crippen LogP contribution < -0.4 is 5.32 Å². The number of fused-ring (bicyclic) bond motifs is 1. The normalized spacial score (nSPS) is 12.9. The number of aromatic nitrogens is 1. The molecule has 0 aliphatic rings. The van der Waals surface area contributed by atoms with Gasteiger partial charge in [0, 0.05) is 17.3 Å². The summed E-state index contributed by atoms with van der Waals surface area (Å²) >= 11 is 0. The molecule has 0 fully saturated rings. The van der Waals surface area contributed by atoms with E-state index in [1.165, 1.54) is 0 Å². The summed E-state index contributed by atoms with van der Waals surface area (Å²) in [6, 6.07) is 10.0. The Bertz CT molecular complexity index is 491. The van der Waals surface area contributed by atoms with Crippen molar-refractivity contribution in [1.29, 1.82) is 0 Å². The third-order valence-corrected chi connectivity index (χ3v) is 2.99. The molecule has 0 aliphatic carbocycles. The van der Waals surface area contributed by atoms with Crippen molar-refractivity contribution in [2.24, 2.45) is 5.92 Å². The summed E-state index contributed by atoms with van der Waals surface area (Å²) < 4.78 is 0. The number of hydrogen-bond donors (Lipinski definition) is 2. The van der Waals surface area contributed by atoms with E-state index < -0.39 is 0 Å². The van der Waals surface area contributed by atoms with E-state index >= 15 is 0 Å². The zero-order valence-electron chi connectivity index (χ0n) is 10.2. The van der Waals surface area contributed by atoms with Gasteiger partial charge in [0.05, 0.1) is 18.2 Å². The maximum absolute atomic E-state index is 9.35. The van der Waals surface area contributed by atoms with Gasteiger partial charge in [0.25, 0.3) is 0 Å². The minimum absolute atomic E-state index is 0.0702. The molecule has 90 valence electrons. The molecule has 0 radical (unpaired) electrons. The van der Waals surface area contributed by atoms with Gasteiger partial charge in [0.15, 0.2) is 0 Å². The SMILES string of the molecule is CC(C)[C@@H](CO)Nc1ccnc2ccccc12. The molecule has 0 saturated heterocycles. The van der Waals surface area contributed by atoms with Gasteiger partial charge in [-0.05, 0) is 18.1 Å². The summed E-state index contributed by atoms with van der Waals surface area (Å²) in [5.41, 5.74) is 2.00. The van der Waals surface area contributed by atoms with Crippen LogP contribution in [0.15, 0.2) is 36.5 Å². The van der Waals surface area contributed by atoms with Crippen molar-refractivity contribution in [3.63, 3.8) is 0 Å². The molecule has 0 saturated carbocycles. The molecule has 0 bridgehead atoms. The van der Waals surface area contributed by atoms with Crippen LogP contribution in [0.2, 0.25) is 0 Å². The van der Waals surface area contributed by atoms with Gasteiger partial charge in [-0.3, -0.25) is 4.98 Å².